The molecule has 0 spiro atoms. The molecule has 2 nitrogen and oxygen atoms in total. The summed E-state index contributed by atoms with van der Waals surface area (Å²) < 4.78 is 0. The average Bonchev–Trinajstić information content (AvgIpc) is 2.84. The number of carbonyl (C=O) groups excluding carboxylic acids is 2. The van der Waals surface area contributed by atoms with Crippen molar-refractivity contribution in [1.29, 1.82) is 0 Å². The number of Topliss-reactive ketones (excluding diaryl/α,β-unsaturated/α-hetero) is 2. The Morgan fingerprint density at radius 1 is 0.333 bits per heavy atom. The van der Waals surface area contributed by atoms with Gasteiger partial charge in [-0.3, -0.25) is 9.59 Å². The molecule has 0 aliphatic carbocycles. The minimum absolute atomic E-state index is 0.176. The number of benzene rings is 4. The summed E-state index contributed by atoms with van der Waals surface area (Å²) in [6.07, 6.45) is 0. The molecule has 0 heterocycles. The monoisotopic (exact) mass is 388 g/mol. The molecular weight excluding hydrogens is 368 g/mol. The third-order valence-electron chi connectivity index (χ3n) is 4.90. The van der Waals surface area contributed by atoms with Gasteiger partial charge in [-0.15, -0.1) is 0 Å². The second kappa shape index (κ2) is 8.97. The molecule has 30 heavy (non-hydrogen) atoms. The van der Waals surface area contributed by atoms with Gasteiger partial charge in [0.15, 0.2) is 11.6 Å². The Morgan fingerprint density at radius 3 is 0.833 bits per heavy atom. The van der Waals surface area contributed by atoms with E-state index in [4.69, 9.17) is 0 Å². The second-order valence-corrected chi connectivity index (χ2v) is 6.87. The van der Waals surface area contributed by atoms with E-state index in [0.29, 0.717) is 22.3 Å². The average molecular weight is 388 g/mol. The molecule has 0 N–H and O–H groups in total. The van der Waals surface area contributed by atoms with Gasteiger partial charge in [-0.2, -0.15) is 0 Å². The molecule has 144 valence electrons. The van der Waals surface area contributed by atoms with Crippen LogP contribution >= 0.6 is 0 Å². The van der Waals surface area contributed by atoms with Crippen molar-refractivity contribution in [3.63, 3.8) is 0 Å². The SMILES string of the molecule is O=C(/C(=C(\C(=O)c1ccccc1)c1ccccc1)c1ccccc1)c1ccccc1. The van der Waals surface area contributed by atoms with Crippen molar-refractivity contribution in [2.75, 3.05) is 0 Å². The fourth-order valence-corrected chi connectivity index (χ4v) is 3.46. The molecule has 0 saturated carbocycles. The zero-order chi connectivity index (χ0) is 20.8. The van der Waals surface area contributed by atoms with Gasteiger partial charge in [-0.25, -0.2) is 0 Å². The van der Waals surface area contributed by atoms with Crippen molar-refractivity contribution in [1.82, 2.24) is 0 Å². The van der Waals surface area contributed by atoms with E-state index < -0.39 is 0 Å². The first-order valence-electron chi connectivity index (χ1n) is 9.80. The Labute approximate surface area is 176 Å². The van der Waals surface area contributed by atoms with Gasteiger partial charge >= 0.3 is 0 Å². The van der Waals surface area contributed by atoms with Gasteiger partial charge in [0, 0.05) is 22.3 Å². The van der Waals surface area contributed by atoms with Crippen LogP contribution in [0.2, 0.25) is 0 Å². The molecule has 2 heteroatoms. The molecule has 0 aliphatic heterocycles. The summed E-state index contributed by atoms with van der Waals surface area (Å²) in [6.45, 7) is 0. The first-order chi connectivity index (χ1) is 14.8. The summed E-state index contributed by atoms with van der Waals surface area (Å²) in [6, 6.07) is 37.0. The summed E-state index contributed by atoms with van der Waals surface area (Å²) in [4.78, 5) is 27.4. The predicted octanol–water partition coefficient (Wildman–Crippen LogP) is 6.36. The summed E-state index contributed by atoms with van der Waals surface area (Å²) in [5.41, 5.74) is 3.34. The quantitative estimate of drug-likeness (QED) is 0.219. The highest BCUT2D eigenvalue weighted by molar-refractivity contribution is 6.46. The summed E-state index contributed by atoms with van der Waals surface area (Å²) in [5, 5.41) is 0. The third kappa shape index (κ3) is 4.03. The van der Waals surface area contributed by atoms with Crippen LogP contribution in [0, 0.1) is 0 Å². The molecule has 0 saturated heterocycles. The molecule has 0 radical (unpaired) electrons. The van der Waals surface area contributed by atoms with Crippen molar-refractivity contribution in [2.45, 2.75) is 0 Å². The predicted molar refractivity (Wildman–Crippen MR) is 121 cm³/mol. The topological polar surface area (TPSA) is 34.1 Å². The van der Waals surface area contributed by atoms with Crippen LogP contribution in [0.15, 0.2) is 121 Å². The molecule has 4 aromatic rings. The molecule has 4 rings (SSSR count). The molecule has 0 fully saturated rings. The third-order valence-corrected chi connectivity index (χ3v) is 4.90. The van der Waals surface area contributed by atoms with Gasteiger partial charge in [0.1, 0.15) is 0 Å². The molecule has 0 atom stereocenters. The zero-order valence-corrected chi connectivity index (χ0v) is 16.4. The van der Waals surface area contributed by atoms with Crippen molar-refractivity contribution in [3.8, 4) is 0 Å². The van der Waals surface area contributed by atoms with E-state index in [2.05, 4.69) is 0 Å². The Kier molecular flexibility index (Phi) is 5.77. The van der Waals surface area contributed by atoms with Crippen LogP contribution in [0.5, 0.6) is 0 Å². The van der Waals surface area contributed by atoms with Gasteiger partial charge in [0.05, 0.1) is 0 Å². The minimum Gasteiger partial charge on any atom is -0.289 e. The largest absolute Gasteiger partial charge is 0.289 e. The number of hydrogen-bond acceptors (Lipinski definition) is 2. The lowest BCUT2D eigenvalue weighted by Gasteiger charge is -2.15. The highest BCUT2D eigenvalue weighted by atomic mass is 16.1. The number of carbonyl (C=O) groups is 2. The Hall–Kier alpha value is -4.04. The van der Waals surface area contributed by atoms with Crippen LogP contribution in [0.25, 0.3) is 11.1 Å². The fourth-order valence-electron chi connectivity index (χ4n) is 3.46. The van der Waals surface area contributed by atoms with Crippen molar-refractivity contribution < 1.29 is 9.59 Å². The molecule has 0 aliphatic rings. The van der Waals surface area contributed by atoms with Gasteiger partial charge in [-0.05, 0) is 11.1 Å². The van der Waals surface area contributed by atoms with E-state index in [0.717, 1.165) is 11.1 Å². The van der Waals surface area contributed by atoms with Gasteiger partial charge in [0.2, 0.25) is 0 Å². The Balaban J connectivity index is 2.03. The molecule has 0 bridgehead atoms. The maximum Gasteiger partial charge on any atom is 0.194 e. The minimum atomic E-state index is -0.176. The standard InChI is InChI=1S/C28H20O2/c29-27(23-17-9-3-10-18-23)25(21-13-5-1-6-14-21)26(22-15-7-2-8-16-22)28(30)24-19-11-4-12-20-24/h1-20H/b26-25-. The number of ketones is 2. The summed E-state index contributed by atoms with van der Waals surface area (Å²) in [7, 11) is 0. The maximum absolute atomic E-state index is 13.7. The molecule has 0 unspecified atom stereocenters. The van der Waals surface area contributed by atoms with Gasteiger partial charge in [-0.1, -0.05) is 121 Å². The van der Waals surface area contributed by atoms with Crippen molar-refractivity contribution in [2.24, 2.45) is 0 Å². The first-order valence-corrected chi connectivity index (χ1v) is 9.80. The number of rotatable bonds is 6. The highest BCUT2D eigenvalue weighted by Gasteiger charge is 2.25. The van der Waals surface area contributed by atoms with E-state index in [-0.39, 0.29) is 11.6 Å². The maximum atomic E-state index is 13.7. The van der Waals surface area contributed by atoms with Crippen LogP contribution in [0.4, 0.5) is 0 Å². The van der Waals surface area contributed by atoms with E-state index >= 15 is 0 Å². The van der Waals surface area contributed by atoms with E-state index in [1.165, 1.54) is 0 Å². The lowest BCUT2D eigenvalue weighted by atomic mass is 9.85. The molecule has 0 amide bonds. The first kappa shape index (κ1) is 19.3. The fraction of sp³-hybridized carbons (Fsp3) is 0. The molecule has 4 aromatic carbocycles. The Morgan fingerprint density at radius 2 is 0.567 bits per heavy atom. The molecule has 0 aromatic heterocycles. The van der Waals surface area contributed by atoms with Crippen molar-refractivity contribution in [3.05, 3.63) is 144 Å². The summed E-state index contributed by atoms with van der Waals surface area (Å²) >= 11 is 0. The zero-order valence-electron chi connectivity index (χ0n) is 16.4. The number of hydrogen-bond donors (Lipinski definition) is 0. The highest BCUT2D eigenvalue weighted by Crippen LogP contribution is 2.32. The van der Waals surface area contributed by atoms with Crippen molar-refractivity contribution >= 4 is 22.7 Å². The van der Waals surface area contributed by atoms with E-state index in [9.17, 15) is 9.59 Å². The van der Waals surface area contributed by atoms with Crippen LogP contribution in [-0.4, -0.2) is 11.6 Å². The van der Waals surface area contributed by atoms with Gasteiger partial charge in [0.25, 0.3) is 0 Å². The Bertz CT molecular complexity index is 1080. The number of allylic oxidation sites excluding steroid dienone is 2. The normalized spacial score (nSPS) is 11.5. The van der Waals surface area contributed by atoms with Crippen LogP contribution in [-0.2, 0) is 0 Å². The smallest absolute Gasteiger partial charge is 0.194 e. The summed E-state index contributed by atoms with van der Waals surface area (Å²) in [5.74, 6) is -0.352. The van der Waals surface area contributed by atoms with E-state index in [1.54, 1.807) is 24.3 Å². The molecular formula is C28H20O2. The van der Waals surface area contributed by atoms with E-state index in [1.807, 2.05) is 97.1 Å². The lowest BCUT2D eigenvalue weighted by Crippen LogP contribution is -2.12. The van der Waals surface area contributed by atoms with Crippen LogP contribution in [0.3, 0.4) is 0 Å². The van der Waals surface area contributed by atoms with Crippen LogP contribution < -0.4 is 0 Å². The lowest BCUT2D eigenvalue weighted by molar-refractivity contribution is 0.103. The van der Waals surface area contributed by atoms with Crippen LogP contribution in [0.1, 0.15) is 31.8 Å². The second-order valence-electron chi connectivity index (χ2n) is 6.87. The van der Waals surface area contributed by atoms with Gasteiger partial charge < -0.3 is 0 Å².